The second-order valence-corrected chi connectivity index (χ2v) is 7.91. The van der Waals surface area contributed by atoms with E-state index in [0.717, 1.165) is 48.7 Å². The normalized spacial score (nSPS) is 14.0. The number of rotatable bonds is 8. The van der Waals surface area contributed by atoms with Gasteiger partial charge in [0.2, 0.25) is 0 Å². The number of carbonyl (C=O) groups is 2. The van der Waals surface area contributed by atoms with Gasteiger partial charge >= 0.3 is 11.9 Å². The van der Waals surface area contributed by atoms with Crippen LogP contribution in [0.3, 0.4) is 0 Å². The number of hydrogen-bond donors (Lipinski definition) is 0. The topological polar surface area (TPSA) is 87.2 Å². The highest BCUT2D eigenvalue weighted by molar-refractivity contribution is 5.98. The lowest BCUT2D eigenvalue weighted by Crippen LogP contribution is -2.46. The van der Waals surface area contributed by atoms with Crippen molar-refractivity contribution in [1.82, 2.24) is 0 Å². The lowest BCUT2D eigenvalue weighted by molar-refractivity contribution is -0.138. The average molecular weight is 485 g/mol. The highest BCUT2D eigenvalue weighted by Gasteiger charge is 2.18. The fraction of sp³-hybridized carbons (Fsp3) is 0.286. The predicted molar refractivity (Wildman–Crippen MR) is 139 cm³/mol. The molecule has 0 radical (unpaired) electrons. The van der Waals surface area contributed by atoms with E-state index in [9.17, 15) is 14.9 Å². The van der Waals surface area contributed by atoms with Crippen LogP contribution in [0.1, 0.15) is 25.0 Å². The minimum absolute atomic E-state index is 0.0223. The van der Waals surface area contributed by atoms with Crippen LogP contribution in [0.15, 0.2) is 59.8 Å². The van der Waals surface area contributed by atoms with Gasteiger partial charge in [0.25, 0.3) is 5.70 Å². The van der Waals surface area contributed by atoms with Crippen molar-refractivity contribution < 1.29 is 19.1 Å². The molecule has 0 bridgehead atoms. The Balaban J connectivity index is 1.60. The van der Waals surface area contributed by atoms with Gasteiger partial charge in [0.1, 0.15) is 11.6 Å². The molecular formula is C28H28N4O4. The number of benzene rings is 2. The summed E-state index contributed by atoms with van der Waals surface area (Å²) in [5.41, 5.74) is 3.63. The van der Waals surface area contributed by atoms with Gasteiger partial charge in [-0.25, -0.2) is 9.64 Å². The monoisotopic (exact) mass is 484 g/mol. The van der Waals surface area contributed by atoms with Crippen LogP contribution in [0.4, 0.5) is 11.4 Å². The van der Waals surface area contributed by atoms with E-state index in [2.05, 4.69) is 14.6 Å². The van der Waals surface area contributed by atoms with Gasteiger partial charge < -0.3 is 19.3 Å². The SMILES string of the molecule is [C-]#[N+]/C(=C\c1ccc(N2CCN(c3ccc(/C=C(\C#N)C(=O)OCC)cc3)CC2)cc1)C(=O)OCC. The first-order valence-corrected chi connectivity index (χ1v) is 11.7. The maximum Gasteiger partial charge on any atom is 0.348 e. The summed E-state index contributed by atoms with van der Waals surface area (Å²) in [5.74, 6) is -1.23. The van der Waals surface area contributed by atoms with Crippen molar-refractivity contribution in [3.63, 3.8) is 0 Å². The van der Waals surface area contributed by atoms with Crippen molar-refractivity contribution in [3.8, 4) is 6.07 Å². The molecule has 0 aromatic heterocycles. The molecule has 2 aromatic carbocycles. The van der Waals surface area contributed by atoms with Crippen molar-refractivity contribution in [2.45, 2.75) is 13.8 Å². The molecule has 0 spiro atoms. The van der Waals surface area contributed by atoms with Crippen molar-refractivity contribution in [3.05, 3.63) is 82.3 Å². The summed E-state index contributed by atoms with van der Waals surface area (Å²) in [6.07, 6.45) is 3.07. The van der Waals surface area contributed by atoms with Crippen LogP contribution in [0, 0.1) is 17.9 Å². The summed E-state index contributed by atoms with van der Waals surface area (Å²) in [6, 6.07) is 17.4. The van der Waals surface area contributed by atoms with Crippen molar-refractivity contribution >= 4 is 35.5 Å². The Bertz CT molecular complexity index is 1110. The van der Waals surface area contributed by atoms with E-state index in [0.29, 0.717) is 0 Å². The van der Waals surface area contributed by atoms with Gasteiger partial charge in [0, 0.05) is 37.6 Å². The predicted octanol–water partition coefficient (Wildman–Crippen LogP) is 4.31. The quantitative estimate of drug-likeness (QED) is 0.239. The molecule has 8 nitrogen and oxygen atoms in total. The maximum atomic E-state index is 11.8. The summed E-state index contributed by atoms with van der Waals surface area (Å²) >= 11 is 0. The second-order valence-electron chi connectivity index (χ2n) is 7.91. The fourth-order valence-corrected chi connectivity index (χ4v) is 3.80. The summed E-state index contributed by atoms with van der Waals surface area (Å²) < 4.78 is 9.82. The van der Waals surface area contributed by atoms with Crippen LogP contribution >= 0.6 is 0 Å². The Morgan fingerprint density at radius 3 is 1.72 bits per heavy atom. The highest BCUT2D eigenvalue weighted by atomic mass is 16.5. The summed E-state index contributed by atoms with van der Waals surface area (Å²) in [7, 11) is 0. The molecule has 0 N–H and O–H groups in total. The Labute approximate surface area is 211 Å². The van der Waals surface area contributed by atoms with Crippen LogP contribution in [-0.4, -0.2) is 51.3 Å². The first-order chi connectivity index (χ1) is 17.5. The Kier molecular flexibility index (Phi) is 9.25. The van der Waals surface area contributed by atoms with E-state index in [-0.39, 0.29) is 24.5 Å². The van der Waals surface area contributed by atoms with Gasteiger partial charge in [-0.3, -0.25) is 4.79 Å². The molecule has 1 saturated heterocycles. The van der Waals surface area contributed by atoms with E-state index in [4.69, 9.17) is 16.0 Å². The molecule has 1 fully saturated rings. The van der Waals surface area contributed by atoms with Crippen LogP contribution in [0.25, 0.3) is 17.0 Å². The molecule has 8 heteroatoms. The van der Waals surface area contributed by atoms with Crippen LogP contribution in [0.2, 0.25) is 0 Å². The van der Waals surface area contributed by atoms with E-state index < -0.39 is 11.9 Å². The molecule has 3 rings (SSSR count). The summed E-state index contributed by atoms with van der Waals surface area (Å²) in [6.45, 7) is 14.4. The van der Waals surface area contributed by atoms with Crippen LogP contribution in [0.5, 0.6) is 0 Å². The number of ether oxygens (including phenoxy) is 2. The zero-order chi connectivity index (χ0) is 25.9. The van der Waals surface area contributed by atoms with Crippen molar-refractivity contribution in [2.24, 2.45) is 0 Å². The zero-order valence-corrected chi connectivity index (χ0v) is 20.4. The van der Waals surface area contributed by atoms with Gasteiger partial charge in [-0.15, -0.1) is 0 Å². The Morgan fingerprint density at radius 2 is 1.31 bits per heavy atom. The second kappa shape index (κ2) is 12.8. The van der Waals surface area contributed by atoms with Crippen LogP contribution in [-0.2, 0) is 19.1 Å². The average Bonchev–Trinajstić information content (AvgIpc) is 2.91. The standard InChI is InChI=1S/C28H28N4O4/c1-4-35-27(33)23(20-29)18-21-6-10-24(11-7-21)31-14-16-32(17-15-31)25-12-8-22(9-13-25)19-26(30-3)28(34)36-5-2/h6-13,18-19H,4-5,14-17H2,1-2H3/b23-18+,26-19-. The van der Waals surface area contributed by atoms with Gasteiger partial charge in [0.15, 0.2) is 0 Å². The molecule has 1 heterocycles. The molecule has 184 valence electrons. The molecule has 0 saturated carbocycles. The van der Waals surface area contributed by atoms with Gasteiger partial charge in [-0.1, -0.05) is 24.3 Å². The van der Waals surface area contributed by atoms with Gasteiger partial charge in [-0.05, 0) is 61.4 Å². The lowest BCUT2D eigenvalue weighted by Gasteiger charge is -2.37. The van der Waals surface area contributed by atoms with E-state index in [1.807, 2.05) is 54.6 Å². The molecule has 0 atom stereocenters. The third-order valence-electron chi connectivity index (χ3n) is 5.63. The molecule has 0 aliphatic carbocycles. The molecule has 2 aromatic rings. The first-order valence-electron chi connectivity index (χ1n) is 11.7. The van der Waals surface area contributed by atoms with Gasteiger partial charge in [0.05, 0.1) is 19.8 Å². The third kappa shape index (κ3) is 6.74. The fourth-order valence-electron chi connectivity index (χ4n) is 3.80. The largest absolute Gasteiger partial charge is 0.471 e. The number of esters is 2. The maximum absolute atomic E-state index is 11.8. The van der Waals surface area contributed by atoms with E-state index >= 15 is 0 Å². The first kappa shape index (κ1) is 26.1. The number of hydrogen-bond acceptors (Lipinski definition) is 7. The minimum atomic E-state index is -0.616. The number of nitrogens with zero attached hydrogens (tertiary/aromatic N) is 4. The van der Waals surface area contributed by atoms with E-state index in [1.54, 1.807) is 13.8 Å². The molecule has 1 aliphatic heterocycles. The number of piperazine rings is 1. The lowest BCUT2D eigenvalue weighted by atomic mass is 10.1. The molecule has 0 unspecified atom stereocenters. The minimum Gasteiger partial charge on any atom is -0.471 e. The smallest absolute Gasteiger partial charge is 0.348 e. The highest BCUT2D eigenvalue weighted by Crippen LogP contribution is 2.23. The summed E-state index contributed by atoms with van der Waals surface area (Å²) in [5, 5.41) is 9.20. The van der Waals surface area contributed by atoms with Gasteiger partial charge in [-0.2, -0.15) is 5.26 Å². The molecular weight excluding hydrogens is 456 g/mol. The molecule has 36 heavy (non-hydrogen) atoms. The Hall–Kier alpha value is -4.56. The summed E-state index contributed by atoms with van der Waals surface area (Å²) in [4.78, 5) is 31.5. The van der Waals surface area contributed by atoms with Crippen LogP contribution < -0.4 is 9.80 Å². The van der Waals surface area contributed by atoms with E-state index in [1.165, 1.54) is 12.2 Å². The van der Waals surface area contributed by atoms with Crippen molar-refractivity contribution in [1.29, 1.82) is 5.26 Å². The zero-order valence-electron chi connectivity index (χ0n) is 20.4. The number of nitriles is 1. The number of anilines is 2. The Morgan fingerprint density at radius 1 is 0.861 bits per heavy atom. The molecule has 0 amide bonds. The number of carbonyl (C=O) groups excluding carboxylic acids is 2. The van der Waals surface area contributed by atoms with Crippen molar-refractivity contribution in [2.75, 3.05) is 49.2 Å². The molecule has 1 aliphatic rings. The third-order valence-corrected chi connectivity index (χ3v) is 5.63.